The molecule has 0 saturated heterocycles. The Labute approximate surface area is 307 Å². The smallest absolute Gasteiger partial charge is 0.252 e. The lowest BCUT2D eigenvalue weighted by Gasteiger charge is -2.28. The first kappa shape index (κ1) is 45.3. The van der Waals surface area contributed by atoms with Crippen molar-refractivity contribution >= 4 is 17.6 Å². The van der Waals surface area contributed by atoms with Gasteiger partial charge in [-0.15, -0.1) is 0 Å². The summed E-state index contributed by atoms with van der Waals surface area (Å²) >= 11 is 0. The number of amides is 2. The Morgan fingerprint density at radius 1 is 0.673 bits per heavy atom. The maximum Gasteiger partial charge on any atom is 0.252 e. The molecule has 0 saturated carbocycles. The van der Waals surface area contributed by atoms with Gasteiger partial charge in [-0.2, -0.15) is 0 Å². The Kier molecular flexibility index (Phi) is 25.8. The summed E-state index contributed by atoms with van der Waals surface area (Å²) in [4.78, 5) is 35.7. The van der Waals surface area contributed by atoms with E-state index >= 15 is 0 Å². The number of nitrogens with one attached hydrogen (secondary N) is 2. The number of rotatable bonds is 31. The lowest BCUT2D eigenvalue weighted by Crippen LogP contribution is -2.48. The summed E-state index contributed by atoms with van der Waals surface area (Å²) in [5.41, 5.74) is 0.104. The topological polar surface area (TPSA) is 190 Å². The number of carbonyl (C=O) groups excluding carboxylic acids is 3. The largest absolute Gasteiger partial charge is 0.389 e. The van der Waals surface area contributed by atoms with Crippen LogP contribution in [0.15, 0.2) is 36.4 Å². The summed E-state index contributed by atoms with van der Waals surface area (Å²) in [6, 6.07) is 7.16. The third kappa shape index (κ3) is 23.0. The summed E-state index contributed by atoms with van der Waals surface area (Å²) in [5.74, 6) is -0.524. The predicted molar refractivity (Wildman–Crippen MR) is 191 cm³/mol. The number of benzene rings is 1. The highest BCUT2D eigenvalue weighted by molar-refractivity contribution is 5.94. The first-order valence-corrected chi connectivity index (χ1v) is 18.1. The second-order valence-corrected chi connectivity index (χ2v) is 12.0. The third-order valence-corrected chi connectivity index (χ3v) is 7.82. The lowest BCUT2D eigenvalue weighted by molar-refractivity contribution is -0.142. The van der Waals surface area contributed by atoms with E-state index in [-0.39, 0.29) is 31.1 Å². The van der Waals surface area contributed by atoms with Crippen molar-refractivity contribution in [1.82, 2.24) is 10.6 Å². The highest BCUT2D eigenvalue weighted by Crippen LogP contribution is 2.24. The van der Waals surface area contributed by atoms with Crippen LogP contribution in [0, 0.1) is 0 Å². The molecule has 1 aromatic carbocycles. The molecule has 296 valence electrons. The number of hydrogen-bond donors (Lipinski definition) is 4. The van der Waals surface area contributed by atoms with Crippen molar-refractivity contribution < 1.29 is 62.5 Å². The molecule has 0 heterocycles. The van der Waals surface area contributed by atoms with Crippen LogP contribution in [0.3, 0.4) is 0 Å². The van der Waals surface area contributed by atoms with Crippen LogP contribution in [0.5, 0.6) is 0 Å². The first-order chi connectivity index (χ1) is 25.3. The van der Waals surface area contributed by atoms with Gasteiger partial charge in [0.25, 0.3) is 5.91 Å². The van der Waals surface area contributed by atoms with Gasteiger partial charge in [0.05, 0.1) is 112 Å². The fraction of sp³-hybridized carbons (Fsp3) is 0.703. The van der Waals surface area contributed by atoms with Crippen LogP contribution >= 0.6 is 0 Å². The lowest BCUT2D eigenvalue weighted by atomic mass is 9.88. The van der Waals surface area contributed by atoms with Gasteiger partial charge in [0.2, 0.25) is 5.91 Å². The van der Waals surface area contributed by atoms with Gasteiger partial charge >= 0.3 is 0 Å². The highest BCUT2D eigenvalue weighted by atomic mass is 16.6. The molecule has 0 aromatic heterocycles. The van der Waals surface area contributed by atoms with E-state index in [9.17, 15) is 24.6 Å². The Morgan fingerprint density at radius 3 is 1.62 bits per heavy atom. The van der Waals surface area contributed by atoms with E-state index in [1.807, 2.05) is 12.1 Å². The van der Waals surface area contributed by atoms with Crippen molar-refractivity contribution in [2.75, 3.05) is 112 Å². The van der Waals surface area contributed by atoms with Gasteiger partial charge in [-0.3, -0.25) is 14.4 Å². The minimum absolute atomic E-state index is 0.0115. The molecule has 0 radical (unpaired) electrons. The number of ether oxygens (including phenoxy) is 8. The molecule has 0 bridgehead atoms. The molecular weight excluding hydrogens is 680 g/mol. The van der Waals surface area contributed by atoms with Gasteiger partial charge < -0.3 is 58.7 Å². The maximum atomic E-state index is 12.4. The summed E-state index contributed by atoms with van der Waals surface area (Å²) < 4.78 is 43.7. The standard InChI is InChI=1S/C37H60N2O13/c1-31(40)33-7-5-32(6-8-33)30-39-35(42)10-14-45-16-18-47-20-22-49-24-26-51-28-29-52-27-25-50-23-21-48-19-17-46-15-13-38-36(43)37(44)11-3-2-4-34(41)9-12-37/h2,4-8,34,41,44H,3,9-30H2,1H3,(H,38,43)(H,39,42)/b4-2-/t34-,37-/m0/s1. The monoisotopic (exact) mass is 740 g/mol. The fourth-order valence-electron chi connectivity index (χ4n) is 4.76. The van der Waals surface area contributed by atoms with Crippen LogP contribution in [0.4, 0.5) is 0 Å². The molecule has 0 aliphatic heterocycles. The zero-order valence-corrected chi connectivity index (χ0v) is 30.7. The van der Waals surface area contributed by atoms with Crippen molar-refractivity contribution in [2.24, 2.45) is 0 Å². The SMILES string of the molecule is CC(=O)c1ccc(CNC(=O)CCOCCOCCOCCOCCOCCOCCOCCOCCNC(=O)[C@]2(O)CC/C=C\[C@H](O)CC2)cc1. The molecule has 2 rings (SSSR count). The van der Waals surface area contributed by atoms with E-state index in [1.54, 1.807) is 24.3 Å². The molecule has 15 nitrogen and oxygen atoms in total. The van der Waals surface area contributed by atoms with Gasteiger partial charge in [-0.1, -0.05) is 36.4 Å². The van der Waals surface area contributed by atoms with Gasteiger partial charge in [0.15, 0.2) is 5.78 Å². The minimum atomic E-state index is -1.47. The van der Waals surface area contributed by atoms with E-state index < -0.39 is 17.6 Å². The molecule has 0 fully saturated rings. The number of aliphatic hydroxyl groups excluding tert-OH is 1. The molecule has 52 heavy (non-hydrogen) atoms. The normalized spacial score (nSPS) is 18.0. The fourth-order valence-corrected chi connectivity index (χ4v) is 4.76. The number of allylic oxidation sites excluding steroid dienone is 1. The van der Waals surface area contributed by atoms with Crippen LogP contribution in [0.2, 0.25) is 0 Å². The van der Waals surface area contributed by atoms with Crippen molar-refractivity contribution in [2.45, 2.75) is 57.3 Å². The van der Waals surface area contributed by atoms with Gasteiger partial charge in [0, 0.05) is 25.1 Å². The molecule has 0 unspecified atom stereocenters. The number of ketones is 1. The van der Waals surface area contributed by atoms with E-state index in [0.717, 1.165) is 5.56 Å². The van der Waals surface area contributed by atoms with E-state index in [2.05, 4.69) is 10.6 Å². The van der Waals surface area contributed by atoms with E-state index in [0.29, 0.717) is 137 Å². The second kappa shape index (κ2) is 29.6. The summed E-state index contributed by atoms with van der Waals surface area (Å²) in [6.07, 6.45) is 4.53. The number of carbonyl (C=O) groups is 3. The van der Waals surface area contributed by atoms with Crippen LogP contribution in [-0.4, -0.2) is 152 Å². The molecule has 2 amide bonds. The van der Waals surface area contributed by atoms with Crippen molar-refractivity contribution in [1.29, 1.82) is 0 Å². The highest BCUT2D eigenvalue weighted by Gasteiger charge is 2.35. The minimum Gasteiger partial charge on any atom is -0.389 e. The van der Waals surface area contributed by atoms with Gasteiger partial charge in [0.1, 0.15) is 5.60 Å². The van der Waals surface area contributed by atoms with E-state index in [4.69, 9.17) is 37.9 Å². The molecule has 1 aliphatic carbocycles. The molecule has 15 heteroatoms. The summed E-state index contributed by atoms with van der Waals surface area (Å²) in [6.45, 7) is 8.88. The summed E-state index contributed by atoms with van der Waals surface area (Å²) in [5, 5.41) is 25.9. The molecule has 4 N–H and O–H groups in total. The van der Waals surface area contributed by atoms with Gasteiger partial charge in [-0.05, 0) is 38.2 Å². The third-order valence-electron chi connectivity index (χ3n) is 7.82. The predicted octanol–water partition coefficient (Wildman–Crippen LogP) is 1.37. The van der Waals surface area contributed by atoms with Crippen LogP contribution in [0.25, 0.3) is 0 Å². The Hall–Kier alpha value is -2.83. The average molecular weight is 741 g/mol. The summed E-state index contributed by atoms with van der Waals surface area (Å²) in [7, 11) is 0. The molecule has 1 aliphatic rings. The van der Waals surface area contributed by atoms with Crippen LogP contribution in [-0.2, 0) is 54.0 Å². The molecule has 2 atom stereocenters. The number of aliphatic hydroxyl groups is 2. The molecule has 1 aromatic rings. The zero-order valence-electron chi connectivity index (χ0n) is 30.7. The van der Waals surface area contributed by atoms with Crippen LogP contribution < -0.4 is 10.6 Å². The van der Waals surface area contributed by atoms with Crippen molar-refractivity contribution in [3.8, 4) is 0 Å². The Bertz CT molecular complexity index is 1120. The molecule has 0 spiro atoms. The maximum absolute atomic E-state index is 12.4. The number of hydrogen-bond acceptors (Lipinski definition) is 13. The average Bonchev–Trinajstić information content (AvgIpc) is 3.13. The van der Waals surface area contributed by atoms with Crippen molar-refractivity contribution in [3.63, 3.8) is 0 Å². The Morgan fingerprint density at radius 2 is 1.13 bits per heavy atom. The van der Waals surface area contributed by atoms with Crippen molar-refractivity contribution in [3.05, 3.63) is 47.5 Å². The molecular formula is C37H60N2O13. The second-order valence-electron chi connectivity index (χ2n) is 12.0. The first-order valence-electron chi connectivity index (χ1n) is 18.1. The quantitative estimate of drug-likeness (QED) is 0.0486. The Balaban J connectivity index is 1.22. The van der Waals surface area contributed by atoms with Gasteiger partial charge in [-0.25, -0.2) is 0 Å². The number of Topliss-reactive ketones (excluding diaryl/α,β-unsaturated/α-hetero) is 1. The van der Waals surface area contributed by atoms with Crippen LogP contribution in [0.1, 0.15) is 54.9 Å². The zero-order chi connectivity index (χ0) is 37.5. The van der Waals surface area contributed by atoms with E-state index in [1.165, 1.54) is 6.92 Å².